The molecule has 0 unspecified atom stereocenters. The molecule has 0 atom stereocenters. The number of hydrogen-bond donors (Lipinski definition) is 0. The average molecular weight is 551 g/mol. The highest BCUT2D eigenvalue weighted by Gasteiger charge is 2.33. The molecule has 4 aromatic carbocycles. The number of para-hydroxylation sites is 1. The van der Waals surface area contributed by atoms with Gasteiger partial charge in [0.25, 0.3) is 0 Å². The van der Waals surface area contributed by atoms with Crippen molar-refractivity contribution in [2.45, 2.75) is 38.6 Å². The quantitative estimate of drug-likeness (QED) is 0.220. The summed E-state index contributed by atoms with van der Waals surface area (Å²) in [7, 11) is 3.99. The minimum absolute atomic E-state index is 0.598. The molecule has 0 bridgehead atoms. The number of benzene rings is 4. The summed E-state index contributed by atoms with van der Waals surface area (Å²) in [6.07, 6.45) is -2.37. The standard InChI is InChI=1S/C18H19F3N2S.C13H10S/c1-22(2)10-5-11-23-14-6-3-4-7-16(14)24-17-9-8-13(12-15(17)23)18(19,20)21;1-3-7-12-10(5-1)9-11-6-2-4-8-13(11)14-12/h3-4,6-9,12H,5,10-11H2,1-2H3;1-8H,9H2. The van der Waals surface area contributed by atoms with Crippen LogP contribution in [0.1, 0.15) is 23.1 Å². The fraction of sp³-hybridized carbons (Fsp3) is 0.226. The number of halogens is 3. The summed E-state index contributed by atoms with van der Waals surface area (Å²) in [5.74, 6) is 0. The number of anilines is 2. The van der Waals surface area contributed by atoms with Gasteiger partial charge in [-0.1, -0.05) is 72.1 Å². The molecule has 0 radical (unpaired) electrons. The van der Waals surface area contributed by atoms with Crippen LogP contribution in [-0.4, -0.2) is 32.1 Å². The van der Waals surface area contributed by atoms with Crippen LogP contribution in [-0.2, 0) is 12.6 Å². The maximum Gasteiger partial charge on any atom is 0.416 e. The van der Waals surface area contributed by atoms with E-state index in [2.05, 4.69) is 53.4 Å². The lowest BCUT2D eigenvalue weighted by atomic mass is 10.0. The summed E-state index contributed by atoms with van der Waals surface area (Å²) in [6.45, 7) is 1.57. The predicted molar refractivity (Wildman–Crippen MR) is 152 cm³/mol. The maximum absolute atomic E-state index is 13.1. The molecule has 0 N–H and O–H groups in total. The first-order valence-corrected chi connectivity index (χ1v) is 14.2. The second-order valence-electron chi connectivity index (χ2n) is 9.55. The van der Waals surface area contributed by atoms with Crippen molar-refractivity contribution in [3.05, 3.63) is 108 Å². The van der Waals surface area contributed by atoms with Gasteiger partial charge in [-0.05, 0) is 87.1 Å². The fourth-order valence-corrected chi connectivity index (χ4v) is 6.76. The molecule has 7 heteroatoms. The lowest BCUT2D eigenvalue weighted by Crippen LogP contribution is -2.25. The Kier molecular flexibility index (Phi) is 8.07. The highest BCUT2D eigenvalue weighted by molar-refractivity contribution is 8.00. The van der Waals surface area contributed by atoms with E-state index in [1.807, 2.05) is 55.0 Å². The number of alkyl halides is 3. The van der Waals surface area contributed by atoms with Crippen LogP contribution >= 0.6 is 23.5 Å². The third-order valence-corrected chi connectivity index (χ3v) is 8.85. The van der Waals surface area contributed by atoms with E-state index in [1.54, 1.807) is 6.07 Å². The van der Waals surface area contributed by atoms with Gasteiger partial charge in [-0.2, -0.15) is 13.2 Å². The second kappa shape index (κ2) is 11.5. The van der Waals surface area contributed by atoms with Gasteiger partial charge in [-0.15, -0.1) is 0 Å². The monoisotopic (exact) mass is 550 g/mol. The van der Waals surface area contributed by atoms with Gasteiger partial charge in [0.1, 0.15) is 0 Å². The van der Waals surface area contributed by atoms with E-state index in [4.69, 9.17) is 0 Å². The van der Waals surface area contributed by atoms with Crippen molar-refractivity contribution in [2.75, 3.05) is 32.1 Å². The molecule has 2 aliphatic rings. The zero-order valence-electron chi connectivity index (χ0n) is 21.3. The van der Waals surface area contributed by atoms with E-state index in [9.17, 15) is 13.2 Å². The topological polar surface area (TPSA) is 6.48 Å². The van der Waals surface area contributed by atoms with Gasteiger partial charge < -0.3 is 9.80 Å². The van der Waals surface area contributed by atoms with Crippen LogP contribution in [0.25, 0.3) is 0 Å². The summed E-state index contributed by atoms with van der Waals surface area (Å²) in [5, 5.41) is 0. The Morgan fingerprint density at radius 1 is 0.711 bits per heavy atom. The Labute approximate surface area is 230 Å². The summed E-state index contributed by atoms with van der Waals surface area (Å²) in [4.78, 5) is 8.86. The first kappa shape index (κ1) is 26.7. The molecule has 196 valence electrons. The van der Waals surface area contributed by atoms with Crippen LogP contribution in [0.4, 0.5) is 24.5 Å². The third kappa shape index (κ3) is 6.06. The Hall–Kier alpha value is -2.87. The first-order chi connectivity index (χ1) is 18.3. The molecule has 0 aliphatic carbocycles. The highest BCUT2D eigenvalue weighted by Crippen LogP contribution is 2.49. The third-order valence-electron chi connectivity index (χ3n) is 6.49. The van der Waals surface area contributed by atoms with E-state index in [0.29, 0.717) is 12.2 Å². The van der Waals surface area contributed by atoms with Crippen molar-refractivity contribution < 1.29 is 13.2 Å². The summed E-state index contributed by atoms with van der Waals surface area (Å²) < 4.78 is 39.3. The van der Waals surface area contributed by atoms with Crippen molar-refractivity contribution in [1.82, 2.24) is 4.90 Å². The van der Waals surface area contributed by atoms with Crippen LogP contribution in [0.5, 0.6) is 0 Å². The molecule has 4 aromatic rings. The van der Waals surface area contributed by atoms with Gasteiger partial charge in [0, 0.05) is 26.1 Å². The molecule has 0 spiro atoms. The smallest absolute Gasteiger partial charge is 0.340 e. The summed E-state index contributed by atoms with van der Waals surface area (Å²) in [6, 6.07) is 29.2. The Balaban J connectivity index is 0.000000177. The van der Waals surface area contributed by atoms with Crippen molar-refractivity contribution in [2.24, 2.45) is 0 Å². The first-order valence-electron chi connectivity index (χ1n) is 12.5. The van der Waals surface area contributed by atoms with Crippen LogP contribution in [0.15, 0.2) is 111 Å². The van der Waals surface area contributed by atoms with Crippen molar-refractivity contribution in [1.29, 1.82) is 0 Å². The molecule has 2 nitrogen and oxygen atoms in total. The lowest BCUT2D eigenvalue weighted by Gasteiger charge is -2.33. The van der Waals surface area contributed by atoms with E-state index in [-0.39, 0.29) is 0 Å². The van der Waals surface area contributed by atoms with E-state index in [1.165, 1.54) is 38.7 Å². The van der Waals surface area contributed by atoms with Crippen molar-refractivity contribution >= 4 is 34.9 Å². The van der Waals surface area contributed by atoms with E-state index in [0.717, 1.165) is 40.9 Å². The van der Waals surface area contributed by atoms with Crippen molar-refractivity contribution in [3.8, 4) is 0 Å². The number of rotatable bonds is 4. The molecular formula is C31H29F3N2S2. The molecule has 0 saturated heterocycles. The highest BCUT2D eigenvalue weighted by atomic mass is 32.2. The zero-order chi connectivity index (χ0) is 26.7. The molecule has 38 heavy (non-hydrogen) atoms. The summed E-state index contributed by atoms with van der Waals surface area (Å²) >= 11 is 3.41. The van der Waals surface area contributed by atoms with E-state index < -0.39 is 11.7 Å². The number of hydrogen-bond acceptors (Lipinski definition) is 4. The Morgan fingerprint density at radius 2 is 1.26 bits per heavy atom. The molecule has 0 aromatic heterocycles. The van der Waals surface area contributed by atoms with E-state index >= 15 is 0 Å². The molecule has 6 rings (SSSR count). The van der Waals surface area contributed by atoms with Gasteiger partial charge in [-0.3, -0.25) is 0 Å². The van der Waals surface area contributed by atoms with Gasteiger partial charge in [0.15, 0.2) is 0 Å². The average Bonchev–Trinajstić information content (AvgIpc) is 2.91. The minimum Gasteiger partial charge on any atom is -0.340 e. The molecule has 0 amide bonds. The molecule has 2 aliphatic heterocycles. The molecule has 0 fully saturated rings. The predicted octanol–water partition coefficient (Wildman–Crippen LogP) is 9.00. The molecule has 0 saturated carbocycles. The van der Waals surface area contributed by atoms with Gasteiger partial charge in [-0.25, -0.2) is 0 Å². The lowest BCUT2D eigenvalue weighted by molar-refractivity contribution is -0.137. The Morgan fingerprint density at radius 3 is 1.89 bits per heavy atom. The normalized spacial score (nSPS) is 13.6. The SMILES string of the molecule is CN(C)CCCN1c2ccccc2Sc2ccc(C(F)(F)F)cc21.c1ccc2c(c1)Cc1ccccc1S2. The second-order valence-corrected chi connectivity index (χ2v) is 11.7. The largest absolute Gasteiger partial charge is 0.416 e. The Bertz CT molecular complexity index is 1330. The zero-order valence-corrected chi connectivity index (χ0v) is 23.0. The minimum atomic E-state index is -4.33. The van der Waals surface area contributed by atoms with Gasteiger partial charge in [0.2, 0.25) is 0 Å². The fourth-order valence-electron chi connectivity index (χ4n) is 4.61. The van der Waals surface area contributed by atoms with Gasteiger partial charge in [0.05, 0.1) is 16.9 Å². The van der Waals surface area contributed by atoms with Crippen LogP contribution in [0.3, 0.4) is 0 Å². The van der Waals surface area contributed by atoms with Crippen LogP contribution in [0, 0.1) is 0 Å². The molecule has 2 heterocycles. The molecular weight excluding hydrogens is 521 g/mol. The number of nitrogens with zero attached hydrogens (tertiary/aromatic N) is 2. The van der Waals surface area contributed by atoms with Crippen LogP contribution in [0.2, 0.25) is 0 Å². The number of fused-ring (bicyclic) bond motifs is 4. The maximum atomic E-state index is 13.1. The van der Waals surface area contributed by atoms with Crippen LogP contribution < -0.4 is 4.90 Å². The van der Waals surface area contributed by atoms with Crippen molar-refractivity contribution in [3.63, 3.8) is 0 Å². The van der Waals surface area contributed by atoms with Gasteiger partial charge >= 0.3 is 6.18 Å². The summed E-state index contributed by atoms with van der Waals surface area (Å²) in [5.41, 5.74) is 3.94.